The van der Waals surface area contributed by atoms with Crippen molar-refractivity contribution >= 4 is 23.2 Å². The number of amides is 2. The Morgan fingerprint density at radius 2 is 1.57 bits per heavy atom. The highest BCUT2D eigenvalue weighted by molar-refractivity contribution is 6.43. The molecule has 0 saturated carbocycles. The van der Waals surface area contributed by atoms with Gasteiger partial charge < -0.3 is 15.4 Å². The van der Waals surface area contributed by atoms with Gasteiger partial charge in [-0.15, -0.1) is 0 Å². The van der Waals surface area contributed by atoms with Gasteiger partial charge in [-0.3, -0.25) is 9.59 Å². The summed E-state index contributed by atoms with van der Waals surface area (Å²) in [6.07, 6.45) is 0.787. The summed E-state index contributed by atoms with van der Waals surface area (Å²) in [6, 6.07) is 14.8. The lowest BCUT2D eigenvalue weighted by Crippen LogP contribution is -2.29. The van der Waals surface area contributed by atoms with E-state index in [4.69, 9.17) is 4.74 Å². The average molecular weight is 310 g/mol. The van der Waals surface area contributed by atoms with Crippen LogP contribution in [0.2, 0.25) is 0 Å². The van der Waals surface area contributed by atoms with Gasteiger partial charge in [0.15, 0.2) is 0 Å². The van der Waals surface area contributed by atoms with E-state index >= 15 is 0 Å². The lowest BCUT2D eigenvalue weighted by Gasteiger charge is -2.11. The van der Waals surface area contributed by atoms with Gasteiger partial charge in [0, 0.05) is 16.9 Å². The second-order valence-corrected chi connectivity index (χ2v) is 5.33. The topological polar surface area (TPSA) is 70.7 Å². The number of hydrogen-bond acceptors (Lipinski definition) is 3. The molecule has 23 heavy (non-hydrogen) atoms. The zero-order chi connectivity index (χ0) is 16.2. The minimum atomic E-state index is -0.691. The first-order chi connectivity index (χ1) is 11.2. The highest BCUT2D eigenvalue weighted by atomic mass is 16.6. The molecule has 2 N–H and O–H groups in total. The molecule has 2 aromatic rings. The molecule has 0 aliphatic carbocycles. The van der Waals surface area contributed by atoms with Crippen molar-refractivity contribution in [3.63, 3.8) is 0 Å². The van der Waals surface area contributed by atoms with Gasteiger partial charge in [-0.1, -0.05) is 43.3 Å². The Kier molecular flexibility index (Phi) is 4.39. The summed E-state index contributed by atoms with van der Waals surface area (Å²) >= 11 is 0. The van der Waals surface area contributed by atoms with E-state index in [9.17, 15) is 9.59 Å². The number of ether oxygens (including phenoxy) is 1. The fourth-order valence-corrected chi connectivity index (χ4v) is 2.43. The van der Waals surface area contributed by atoms with Crippen molar-refractivity contribution in [2.24, 2.45) is 0 Å². The van der Waals surface area contributed by atoms with E-state index in [-0.39, 0.29) is 6.10 Å². The highest BCUT2D eigenvalue weighted by Crippen LogP contribution is 2.34. The fourth-order valence-electron chi connectivity index (χ4n) is 2.43. The second kappa shape index (κ2) is 6.62. The van der Waals surface area contributed by atoms with Crippen LogP contribution in [0.4, 0.5) is 11.4 Å². The number of epoxide rings is 1. The van der Waals surface area contributed by atoms with Gasteiger partial charge in [0.1, 0.15) is 6.10 Å². The van der Waals surface area contributed by atoms with Gasteiger partial charge in [0.05, 0.1) is 6.61 Å². The van der Waals surface area contributed by atoms with Crippen molar-refractivity contribution < 1.29 is 14.3 Å². The van der Waals surface area contributed by atoms with Gasteiger partial charge in [0.25, 0.3) is 0 Å². The minimum Gasteiger partial charge on any atom is -0.368 e. The number of para-hydroxylation sites is 2. The SMILES string of the molecule is CCc1ccccc1NC(=O)C(=O)Nc1ccccc1C1CO1. The van der Waals surface area contributed by atoms with Gasteiger partial charge in [-0.05, 0) is 24.1 Å². The number of aryl methyl sites for hydroxylation is 1. The Labute approximate surface area is 134 Å². The molecule has 0 aromatic heterocycles. The number of anilines is 2. The van der Waals surface area contributed by atoms with Crippen molar-refractivity contribution in [1.82, 2.24) is 0 Å². The maximum atomic E-state index is 12.1. The van der Waals surface area contributed by atoms with E-state index in [1.807, 2.05) is 43.3 Å². The number of nitrogens with one attached hydrogen (secondary N) is 2. The van der Waals surface area contributed by atoms with E-state index in [2.05, 4.69) is 10.6 Å². The zero-order valence-corrected chi connectivity index (χ0v) is 12.8. The Bertz CT molecular complexity index is 739. The number of carbonyl (C=O) groups is 2. The number of benzene rings is 2. The lowest BCUT2D eigenvalue weighted by atomic mass is 10.1. The van der Waals surface area contributed by atoms with Crippen LogP contribution in [-0.2, 0) is 20.7 Å². The normalized spacial score (nSPS) is 15.8. The quantitative estimate of drug-likeness (QED) is 0.674. The molecule has 5 nitrogen and oxygen atoms in total. The molecule has 1 atom stereocenters. The van der Waals surface area contributed by atoms with Crippen LogP contribution in [0.3, 0.4) is 0 Å². The van der Waals surface area contributed by atoms with Crippen molar-refractivity contribution in [3.05, 3.63) is 59.7 Å². The second-order valence-electron chi connectivity index (χ2n) is 5.33. The largest absolute Gasteiger partial charge is 0.368 e. The molecule has 3 rings (SSSR count). The van der Waals surface area contributed by atoms with Gasteiger partial charge in [-0.2, -0.15) is 0 Å². The van der Waals surface area contributed by atoms with E-state index < -0.39 is 11.8 Å². The van der Waals surface area contributed by atoms with Gasteiger partial charge >= 0.3 is 11.8 Å². The van der Waals surface area contributed by atoms with E-state index in [0.29, 0.717) is 18.0 Å². The van der Waals surface area contributed by atoms with E-state index in [1.54, 1.807) is 12.1 Å². The van der Waals surface area contributed by atoms with Crippen molar-refractivity contribution in [2.75, 3.05) is 17.2 Å². The smallest absolute Gasteiger partial charge is 0.314 e. The molecule has 1 saturated heterocycles. The van der Waals surface area contributed by atoms with Crippen LogP contribution in [0.5, 0.6) is 0 Å². The number of hydrogen-bond donors (Lipinski definition) is 2. The van der Waals surface area contributed by atoms with Crippen molar-refractivity contribution in [2.45, 2.75) is 19.4 Å². The van der Waals surface area contributed by atoms with E-state index in [0.717, 1.165) is 17.5 Å². The summed E-state index contributed by atoms with van der Waals surface area (Å²) in [5.41, 5.74) is 3.15. The molecule has 2 aromatic carbocycles. The molecule has 0 spiro atoms. The molecular formula is C18H18N2O3. The summed E-state index contributed by atoms with van der Waals surface area (Å²) in [5, 5.41) is 5.32. The molecular weight excluding hydrogens is 292 g/mol. The minimum absolute atomic E-state index is 0.00961. The highest BCUT2D eigenvalue weighted by Gasteiger charge is 2.28. The summed E-state index contributed by atoms with van der Waals surface area (Å²) in [6.45, 7) is 2.64. The van der Waals surface area contributed by atoms with Crippen molar-refractivity contribution in [3.8, 4) is 0 Å². The summed E-state index contributed by atoms with van der Waals surface area (Å²) < 4.78 is 5.25. The maximum Gasteiger partial charge on any atom is 0.314 e. The molecule has 0 bridgehead atoms. The fraction of sp³-hybridized carbons (Fsp3) is 0.222. The van der Waals surface area contributed by atoms with Gasteiger partial charge in [-0.25, -0.2) is 0 Å². The monoisotopic (exact) mass is 310 g/mol. The molecule has 1 aliphatic rings. The van der Waals surface area contributed by atoms with Crippen LogP contribution in [0.1, 0.15) is 24.2 Å². The van der Waals surface area contributed by atoms with Crippen LogP contribution in [0.15, 0.2) is 48.5 Å². The summed E-state index contributed by atoms with van der Waals surface area (Å²) in [5.74, 6) is -1.37. The van der Waals surface area contributed by atoms with Crippen molar-refractivity contribution in [1.29, 1.82) is 0 Å². The first-order valence-electron chi connectivity index (χ1n) is 7.59. The Balaban J connectivity index is 1.70. The van der Waals surface area contributed by atoms with Crippen LogP contribution in [0, 0.1) is 0 Å². The van der Waals surface area contributed by atoms with E-state index in [1.165, 1.54) is 0 Å². The van der Waals surface area contributed by atoms with Gasteiger partial charge in [0.2, 0.25) is 0 Å². The lowest BCUT2D eigenvalue weighted by molar-refractivity contribution is -0.133. The third-order valence-electron chi connectivity index (χ3n) is 3.74. The zero-order valence-electron chi connectivity index (χ0n) is 12.8. The number of carbonyl (C=O) groups excluding carboxylic acids is 2. The Hall–Kier alpha value is -2.66. The third-order valence-corrected chi connectivity index (χ3v) is 3.74. The summed E-state index contributed by atoms with van der Waals surface area (Å²) in [4.78, 5) is 24.3. The van der Waals surface area contributed by atoms with Crippen LogP contribution in [0.25, 0.3) is 0 Å². The molecule has 118 valence electrons. The molecule has 0 radical (unpaired) electrons. The first kappa shape index (κ1) is 15.2. The predicted molar refractivity (Wildman–Crippen MR) is 88.2 cm³/mol. The molecule has 1 unspecified atom stereocenters. The molecule has 2 amide bonds. The summed E-state index contributed by atoms with van der Waals surface area (Å²) in [7, 11) is 0. The van der Waals surface area contributed by atoms with Crippen LogP contribution < -0.4 is 10.6 Å². The van der Waals surface area contributed by atoms with Crippen LogP contribution >= 0.6 is 0 Å². The average Bonchev–Trinajstić information content (AvgIpc) is 3.40. The molecule has 5 heteroatoms. The Morgan fingerprint density at radius 3 is 2.22 bits per heavy atom. The third kappa shape index (κ3) is 3.57. The standard InChI is InChI=1S/C18H18N2O3/c1-2-12-7-3-5-9-14(12)19-17(21)18(22)20-15-10-6-4-8-13(15)16-11-23-16/h3-10,16H,2,11H2,1H3,(H,19,21)(H,20,22). The maximum absolute atomic E-state index is 12.1. The first-order valence-corrected chi connectivity index (χ1v) is 7.59. The Morgan fingerprint density at radius 1 is 1.00 bits per heavy atom. The molecule has 1 fully saturated rings. The van der Waals surface area contributed by atoms with Crippen LogP contribution in [-0.4, -0.2) is 18.4 Å². The molecule has 1 aliphatic heterocycles. The number of rotatable bonds is 4. The molecule has 1 heterocycles. The predicted octanol–water partition coefficient (Wildman–Crippen LogP) is 2.90.